The van der Waals surface area contributed by atoms with Crippen LogP contribution in [-0.4, -0.2) is 4.01 Å². The van der Waals surface area contributed by atoms with Gasteiger partial charge in [-0.25, -0.2) is 4.39 Å². The van der Waals surface area contributed by atoms with Crippen molar-refractivity contribution in [1.82, 2.24) is 0 Å². The molecule has 0 amide bonds. The van der Waals surface area contributed by atoms with Crippen molar-refractivity contribution in [3.8, 4) is 0 Å². The summed E-state index contributed by atoms with van der Waals surface area (Å²) in [5, 5.41) is 0. The van der Waals surface area contributed by atoms with Crippen molar-refractivity contribution in [2.24, 2.45) is 0 Å². The summed E-state index contributed by atoms with van der Waals surface area (Å²) in [4.78, 5) is 0. The van der Waals surface area contributed by atoms with E-state index in [1.807, 2.05) is 34.3 Å². The van der Waals surface area contributed by atoms with Crippen LogP contribution in [0.2, 0.25) is 0 Å². The number of ether oxygens (including phenoxy) is 1. The summed E-state index contributed by atoms with van der Waals surface area (Å²) in [6, 6.07) is 9.94. The van der Waals surface area contributed by atoms with Gasteiger partial charge in [0.25, 0.3) is 0 Å². The van der Waals surface area contributed by atoms with Crippen LogP contribution in [0.15, 0.2) is 52.1 Å². The lowest BCUT2D eigenvalue weighted by Gasteiger charge is -2.07. The highest BCUT2D eigenvalue weighted by atomic mass is 127. The summed E-state index contributed by atoms with van der Waals surface area (Å²) in [6.07, 6.45) is 3.18. The largest absolute Gasteiger partial charge is 0.488 e. The molecule has 2 rings (SSSR count). The van der Waals surface area contributed by atoms with Gasteiger partial charge in [0.05, 0.1) is 0 Å². The highest BCUT2D eigenvalue weighted by molar-refractivity contribution is 14.2. The third-order valence-corrected chi connectivity index (χ3v) is 3.77. The van der Waals surface area contributed by atoms with Gasteiger partial charge in [0.15, 0.2) is 3.83 Å². The zero-order valence-electron chi connectivity index (χ0n) is 7.99. The molecule has 0 atom stereocenters. The van der Waals surface area contributed by atoms with Crippen molar-refractivity contribution in [2.45, 2.75) is 6.61 Å². The van der Waals surface area contributed by atoms with Gasteiger partial charge in [-0.05, 0) is 38.4 Å². The zero-order valence-corrected chi connectivity index (χ0v) is 10.1. The van der Waals surface area contributed by atoms with E-state index in [2.05, 4.69) is 0 Å². The van der Waals surface area contributed by atoms with E-state index < -0.39 is 20.7 Å². The van der Waals surface area contributed by atoms with E-state index in [9.17, 15) is 4.39 Å². The van der Waals surface area contributed by atoms with Gasteiger partial charge in [0.1, 0.15) is 12.4 Å². The summed E-state index contributed by atoms with van der Waals surface area (Å²) < 4.78 is 20.1. The molecule has 15 heavy (non-hydrogen) atoms. The topological polar surface area (TPSA) is 9.23 Å². The Bertz CT molecular complexity index is 421. The van der Waals surface area contributed by atoms with Crippen molar-refractivity contribution < 1.29 is 9.13 Å². The molecule has 1 nitrogen and oxygen atoms in total. The third kappa shape index (κ3) is 3.27. The Balaban J connectivity index is 1.93. The quantitative estimate of drug-likeness (QED) is 0.773. The summed E-state index contributed by atoms with van der Waals surface area (Å²) >= 11 is -0.595. The van der Waals surface area contributed by atoms with Crippen molar-refractivity contribution in [3.05, 3.63) is 57.6 Å². The molecule has 0 radical (unpaired) electrons. The molecule has 0 N–H and O–H groups in total. The molecule has 0 bridgehead atoms. The minimum atomic E-state index is -0.595. The Hall–Kier alpha value is -0.970. The molecule has 0 aromatic heterocycles. The number of hydrogen-bond acceptors (Lipinski definition) is 1. The first-order valence-corrected chi connectivity index (χ1v) is 6.88. The second kappa shape index (κ2) is 5.21. The van der Waals surface area contributed by atoms with Gasteiger partial charge in [-0.1, -0.05) is 30.3 Å². The maximum Gasteiger partial charge on any atom is 0.155 e. The lowest BCUT2D eigenvalue weighted by molar-refractivity contribution is 0.220. The molecule has 0 fully saturated rings. The van der Waals surface area contributed by atoms with E-state index in [1.54, 1.807) is 6.08 Å². The first-order valence-electron chi connectivity index (χ1n) is 4.55. The molecule has 0 saturated heterocycles. The van der Waals surface area contributed by atoms with E-state index in [0.29, 0.717) is 6.61 Å². The first-order chi connectivity index (χ1) is 7.34. The summed E-state index contributed by atoms with van der Waals surface area (Å²) in [6.45, 7) is 0.544. The average molecular weight is 316 g/mol. The fraction of sp³-hybridized carbons (Fsp3) is 0.0833. The molecular formula is C12H10FIO. The highest BCUT2D eigenvalue weighted by Gasteiger charge is 2.00. The number of allylic oxidation sites excluding steroid dienone is 3. The SMILES string of the molecule is FC1=CC=C(OCc2ccccc2)C=I1. The van der Waals surface area contributed by atoms with Gasteiger partial charge in [-0.3, -0.25) is 0 Å². The van der Waals surface area contributed by atoms with E-state index in [1.165, 1.54) is 6.08 Å². The summed E-state index contributed by atoms with van der Waals surface area (Å²) in [5.74, 6) is 0.785. The zero-order chi connectivity index (χ0) is 10.5. The van der Waals surface area contributed by atoms with Crippen LogP contribution < -0.4 is 0 Å². The molecule has 78 valence electrons. The van der Waals surface area contributed by atoms with Gasteiger partial charge < -0.3 is 4.74 Å². The molecule has 0 spiro atoms. The minimum absolute atomic E-state index is 0.0131. The Kier molecular flexibility index (Phi) is 3.66. The Morgan fingerprint density at radius 2 is 1.93 bits per heavy atom. The van der Waals surface area contributed by atoms with E-state index in [-0.39, 0.29) is 3.83 Å². The fourth-order valence-corrected chi connectivity index (χ4v) is 2.52. The van der Waals surface area contributed by atoms with Crippen LogP contribution >= 0.6 is 20.7 Å². The van der Waals surface area contributed by atoms with Crippen molar-refractivity contribution in [2.75, 3.05) is 0 Å². The third-order valence-electron chi connectivity index (χ3n) is 1.89. The lowest BCUT2D eigenvalue weighted by Crippen LogP contribution is -1.95. The lowest BCUT2D eigenvalue weighted by atomic mass is 10.2. The van der Waals surface area contributed by atoms with E-state index in [0.717, 1.165) is 11.3 Å². The molecule has 3 heteroatoms. The van der Waals surface area contributed by atoms with Crippen LogP contribution in [0.3, 0.4) is 0 Å². The molecule has 1 aliphatic heterocycles. The van der Waals surface area contributed by atoms with Gasteiger partial charge in [-0.2, -0.15) is 0 Å². The van der Waals surface area contributed by atoms with Gasteiger partial charge in [-0.15, -0.1) is 0 Å². The molecular weight excluding hydrogens is 306 g/mol. The van der Waals surface area contributed by atoms with Gasteiger partial charge in [0, 0.05) is 4.01 Å². The Morgan fingerprint density at radius 1 is 1.13 bits per heavy atom. The van der Waals surface area contributed by atoms with Crippen molar-refractivity contribution in [1.29, 1.82) is 0 Å². The molecule has 1 aliphatic rings. The van der Waals surface area contributed by atoms with Crippen LogP contribution in [0, 0.1) is 0 Å². The predicted molar refractivity (Wildman–Crippen MR) is 68.6 cm³/mol. The van der Waals surface area contributed by atoms with Crippen LogP contribution in [0.25, 0.3) is 0 Å². The van der Waals surface area contributed by atoms with Crippen LogP contribution in [0.5, 0.6) is 0 Å². The Morgan fingerprint density at radius 3 is 2.60 bits per heavy atom. The predicted octanol–water partition coefficient (Wildman–Crippen LogP) is 3.68. The second-order valence-electron chi connectivity index (χ2n) is 3.02. The van der Waals surface area contributed by atoms with Crippen LogP contribution in [0.4, 0.5) is 4.39 Å². The second-order valence-corrected chi connectivity index (χ2v) is 5.29. The maximum absolute atomic E-state index is 12.7. The molecule has 1 aromatic carbocycles. The molecule has 0 saturated carbocycles. The Labute approximate surface area is 98.0 Å². The molecule has 0 unspecified atom stereocenters. The fourth-order valence-electron chi connectivity index (χ4n) is 1.14. The normalized spacial score (nSPS) is 15.0. The summed E-state index contributed by atoms with van der Waals surface area (Å²) in [7, 11) is 0. The minimum Gasteiger partial charge on any atom is -0.488 e. The number of halogens is 2. The van der Waals surface area contributed by atoms with Gasteiger partial charge >= 0.3 is 0 Å². The van der Waals surface area contributed by atoms with E-state index >= 15 is 0 Å². The number of benzene rings is 1. The average Bonchev–Trinajstić information content (AvgIpc) is 2.30. The highest BCUT2D eigenvalue weighted by Crippen LogP contribution is 2.21. The van der Waals surface area contributed by atoms with Crippen LogP contribution in [-0.2, 0) is 11.3 Å². The maximum atomic E-state index is 12.7. The number of rotatable bonds is 3. The first kappa shape index (κ1) is 10.5. The smallest absolute Gasteiger partial charge is 0.155 e. The van der Waals surface area contributed by atoms with Crippen molar-refractivity contribution in [3.63, 3.8) is 0 Å². The monoisotopic (exact) mass is 316 g/mol. The molecule has 0 aliphatic carbocycles. The number of hydrogen-bond donors (Lipinski definition) is 0. The standard InChI is InChI=1S/C12H10FIO/c13-12-7-6-11(8-14-12)15-9-10-4-2-1-3-5-10/h1-8H,9H2. The van der Waals surface area contributed by atoms with E-state index in [4.69, 9.17) is 4.74 Å². The van der Waals surface area contributed by atoms with Gasteiger partial charge in [0.2, 0.25) is 0 Å². The van der Waals surface area contributed by atoms with Crippen molar-refractivity contribution >= 4 is 24.7 Å². The van der Waals surface area contributed by atoms with Crippen LogP contribution in [0.1, 0.15) is 5.56 Å². The molecule has 1 heterocycles. The summed E-state index contributed by atoms with van der Waals surface area (Å²) in [5.41, 5.74) is 1.13. The molecule has 1 aromatic rings.